The Morgan fingerprint density at radius 1 is 1.25 bits per heavy atom. The van der Waals surface area contributed by atoms with Crippen LogP contribution in [-0.4, -0.2) is 30.9 Å². The van der Waals surface area contributed by atoms with Gasteiger partial charge in [0.25, 0.3) is 0 Å². The maximum atomic E-state index is 12.1. The molecule has 2 rings (SSSR count). The van der Waals surface area contributed by atoms with Crippen molar-refractivity contribution in [2.75, 3.05) is 23.4 Å². The topological polar surface area (TPSA) is 75.7 Å². The van der Waals surface area contributed by atoms with Gasteiger partial charge in [-0.25, -0.2) is 0 Å². The van der Waals surface area contributed by atoms with Crippen LogP contribution in [0.15, 0.2) is 18.2 Å². The summed E-state index contributed by atoms with van der Waals surface area (Å²) in [6, 6.07) is 5.51. The van der Waals surface area contributed by atoms with Gasteiger partial charge in [0.2, 0.25) is 11.8 Å². The number of anilines is 2. The summed E-state index contributed by atoms with van der Waals surface area (Å²) < 4.78 is 4.81. The van der Waals surface area contributed by atoms with Crippen LogP contribution >= 0.6 is 0 Å². The molecule has 24 heavy (non-hydrogen) atoms. The minimum Gasteiger partial charge on any atom is -0.466 e. The minimum absolute atomic E-state index is 0.0585. The van der Waals surface area contributed by atoms with E-state index in [2.05, 4.69) is 5.32 Å². The SMILES string of the molecule is CCOC(=O)CCC(=O)Nc1ccc(C)c(N2CCCCC2=O)c1. The molecule has 0 atom stereocenters. The first-order valence-corrected chi connectivity index (χ1v) is 8.37. The molecule has 6 nitrogen and oxygen atoms in total. The highest BCUT2D eigenvalue weighted by atomic mass is 16.5. The van der Waals surface area contributed by atoms with Crippen molar-refractivity contribution >= 4 is 29.2 Å². The Labute approximate surface area is 142 Å². The van der Waals surface area contributed by atoms with Crippen LogP contribution in [0.2, 0.25) is 0 Å². The molecule has 0 radical (unpaired) electrons. The number of hydrogen-bond acceptors (Lipinski definition) is 4. The van der Waals surface area contributed by atoms with Gasteiger partial charge in [-0.15, -0.1) is 0 Å². The number of nitrogens with one attached hydrogen (secondary N) is 1. The molecule has 0 saturated carbocycles. The van der Waals surface area contributed by atoms with Gasteiger partial charge >= 0.3 is 5.97 Å². The lowest BCUT2D eigenvalue weighted by Gasteiger charge is -2.28. The fraction of sp³-hybridized carbons (Fsp3) is 0.500. The third-order valence-electron chi connectivity index (χ3n) is 3.97. The number of esters is 1. The molecule has 0 unspecified atom stereocenters. The third-order valence-corrected chi connectivity index (χ3v) is 3.97. The normalized spacial score (nSPS) is 14.4. The number of carbonyl (C=O) groups is 3. The summed E-state index contributed by atoms with van der Waals surface area (Å²) in [5, 5.41) is 2.78. The molecule has 0 aliphatic carbocycles. The zero-order valence-corrected chi connectivity index (χ0v) is 14.3. The van der Waals surface area contributed by atoms with Gasteiger partial charge in [0, 0.05) is 30.8 Å². The molecule has 1 N–H and O–H groups in total. The van der Waals surface area contributed by atoms with E-state index in [4.69, 9.17) is 4.74 Å². The monoisotopic (exact) mass is 332 g/mol. The number of hydrogen-bond donors (Lipinski definition) is 1. The predicted molar refractivity (Wildman–Crippen MR) is 91.9 cm³/mol. The van der Waals surface area contributed by atoms with Gasteiger partial charge in [0.1, 0.15) is 0 Å². The number of nitrogens with zero attached hydrogens (tertiary/aromatic N) is 1. The number of rotatable bonds is 6. The van der Waals surface area contributed by atoms with Crippen molar-refractivity contribution in [3.63, 3.8) is 0 Å². The smallest absolute Gasteiger partial charge is 0.306 e. The van der Waals surface area contributed by atoms with Gasteiger partial charge < -0.3 is 15.0 Å². The Balaban J connectivity index is 2.01. The fourth-order valence-corrected chi connectivity index (χ4v) is 2.71. The summed E-state index contributed by atoms with van der Waals surface area (Å²) in [6.45, 7) is 4.70. The summed E-state index contributed by atoms with van der Waals surface area (Å²) in [5.74, 6) is -0.505. The Morgan fingerprint density at radius 3 is 2.75 bits per heavy atom. The van der Waals surface area contributed by atoms with Crippen molar-refractivity contribution < 1.29 is 19.1 Å². The number of ether oxygens (including phenoxy) is 1. The average Bonchev–Trinajstić information content (AvgIpc) is 2.56. The summed E-state index contributed by atoms with van der Waals surface area (Å²) in [4.78, 5) is 37.1. The first-order valence-electron chi connectivity index (χ1n) is 8.37. The van der Waals surface area contributed by atoms with Crippen molar-refractivity contribution in [3.8, 4) is 0 Å². The van der Waals surface area contributed by atoms with Crippen molar-refractivity contribution in [2.45, 2.75) is 46.0 Å². The number of aryl methyl sites for hydroxylation is 1. The average molecular weight is 332 g/mol. The molecule has 1 aromatic rings. The van der Waals surface area contributed by atoms with E-state index in [9.17, 15) is 14.4 Å². The van der Waals surface area contributed by atoms with Crippen LogP contribution < -0.4 is 10.2 Å². The number of piperidine rings is 1. The molecular formula is C18H24N2O4. The van der Waals surface area contributed by atoms with Gasteiger partial charge in [-0.2, -0.15) is 0 Å². The van der Waals surface area contributed by atoms with E-state index >= 15 is 0 Å². The summed E-state index contributed by atoms with van der Waals surface area (Å²) in [7, 11) is 0. The second-order valence-electron chi connectivity index (χ2n) is 5.86. The second-order valence-corrected chi connectivity index (χ2v) is 5.86. The van der Waals surface area contributed by atoms with E-state index in [1.165, 1.54) is 0 Å². The van der Waals surface area contributed by atoms with Crippen molar-refractivity contribution in [1.82, 2.24) is 0 Å². The molecular weight excluding hydrogens is 308 g/mol. The molecule has 1 fully saturated rings. The van der Waals surface area contributed by atoms with Crippen LogP contribution in [0.4, 0.5) is 11.4 Å². The summed E-state index contributed by atoms with van der Waals surface area (Å²) >= 11 is 0. The maximum absolute atomic E-state index is 12.1. The molecule has 0 spiro atoms. The van der Waals surface area contributed by atoms with Crippen molar-refractivity contribution in [2.24, 2.45) is 0 Å². The van der Waals surface area contributed by atoms with Gasteiger partial charge in [0.15, 0.2) is 0 Å². The molecule has 1 heterocycles. The molecule has 1 aliphatic rings. The minimum atomic E-state index is -0.379. The molecule has 1 aliphatic heterocycles. The predicted octanol–water partition coefficient (Wildman–Crippen LogP) is 2.79. The maximum Gasteiger partial charge on any atom is 0.306 e. The quantitative estimate of drug-likeness (QED) is 0.813. The van der Waals surface area contributed by atoms with Crippen LogP contribution in [-0.2, 0) is 19.1 Å². The molecule has 0 aromatic heterocycles. The first kappa shape index (κ1) is 18.0. The first-order chi connectivity index (χ1) is 11.5. The zero-order chi connectivity index (χ0) is 17.5. The van der Waals surface area contributed by atoms with Crippen LogP contribution in [0.1, 0.15) is 44.6 Å². The van der Waals surface area contributed by atoms with Crippen LogP contribution in [0.3, 0.4) is 0 Å². The Hall–Kier alpha value is -2.37. The Kier molecular flexibility index (Phi) is 6.35. The van der Waals surface area contributed by atoms with Crippen LogP contribution in [0.5, 0.6) is 0 Å². The van der Waals surface area contributed by atoms with E-state index in [0.29, 0.717) is 25.3 Å². The van der Waals surface area contributed by atoms with Crippen LogP contribution in [0.25, 0.3) is 0 Å². The second kappa shape index (κ2) is 8.47. The lowest BCUT2D eigenvalue weighted by atomic mass is 10.1. The molecule has 0 bridgehead atoms. The molecule has 1 aromatic carbocycles. The summed E-state index contributed by atoms with van der Waals surface area (Å²) in [5.41, 5.74) is 2.46. The van der Waals surface area contributed by atoms with E-state index in [0.717, 1.165) is 24.1 Å². The van der Waals surface area contributed by atoms with E-state index < -0.39 is 0 Å². The van der Waals surface area contributed by atoms with Gasteiger partial charge in [-0.3, -0.25) is 14.4 Å². The highest BCUT2D eigenvalue weighted by Crippen LogP contribution is 2.27. The molecule has 6 heteroatoms. The summed E-state index contributed by atoms with van der Waals surface area (Å²) in [6.07, 6.45) is 2.61. The lowest BCUT2D eigenvalue weighted by molar-refractivity contribution is -0.144. The van der Waals surface area contributed by atoms with Crippen LogP contribution in [0, 0.1) is 6.92 Å². The number of benzene rings is 1. The van der Waals surface area contributed by atoms with Gasteiger partial charge in [0.05, 0.1) is 13.0 Å². The highest BCUT2D eigenvalue weighted by molar-refractivity contribution is 5.97. The standard InChI is InChI=1S/C18H24N2O4/c1-3-24-18(23)10-9-16(21)19-14-8-7-13(2)15(12-14)20-11-5-4-6-17(20)22/h7-8,12H,3-6,9-11H2,1-2H3,(H,19,21). The highest BCUT2D eigenvalue weighted by Gasteiger charge is 2.21. The largest absolute Gasteiger partial charge is 0.466 e. The molecule has 130 valence electrons. The Morgan fingerprint density at radius 2 is 2.04 bits per heavy atom. The number of amides is 2. The molecule has 2 amide bonds. The van der Waals surface area contributed by atoms with Gasteiger partial charge in [-0.05, 0) is 44.4 Å². The Bertz CT molecular complexity index is 627. The fourth-order valence-electron chi connectivity index (χ4n) is 2.71. The van der Waals surface area contributed by atoms with Crippen molar-refractivity contribution in [1.29, 1.82) is 0 Å². The molecule has 1 saturated heterocycles. The lowest BCUT2D eigenvalue weighted by Crippen LogP contribution is -2.35. The third kappa shape index (κ3) is 4.81. The number of carbonyl (C=O) groups excluding carboxylic acids is 3. The van der Waals surface area contributed by atoms with E-state index in [1.54, 1.807) is 17.9 Å². The zero-order valence-electron chi connectivity index (χ0n) is 14.3. The van der Waals surface area contributed by atoms with E-state index in [-0.39, 0.29) is 30.6 Å². The van der Waals surface area contributed by atoms with Crippen molar-refractivity contribution in [3.05, 3.63) is 23.8 Å². The van der Waals surface area contributed by atoms with E-state index in [1.807, 2.05) is 19.1 Å². The van der Waals surface area contributed by atoms with Gasteiger partial charge in [-0.1, -0.05) is 6.07 Å².